The Balaban J connectivity index is 2.09. The Morgan fingerprint density at radius 3 is 2.67 bits per heavy atom. The van der Waals surface area contributed by atoms with Crippen molar-refractivity contribution >= 4 is 34.6 Å². The highest BCUT2D eigenvalue weighted by Crippen LogP contribution is 2.29. The van der Waals surface area contributed by atoms with E-state index in [4.69, 9.17) is 9.47 Å². The van der Waals surface area contributed by atoms with E-state index in [0.717, 1.165) is 0 Å². The summed E-state index contributed by atoms with van der Waals surface area (Å²) < 4.78 is 10.1. The molecule has 1 heterocycles. The van der Waals surface area contributed by atoms with E-state index in [9.17, 15) is 19.7 Å². The van der Waals surface area contributed by atoms with Crippen LogP contribution in [0.5, 0.6) is 5.75 Å². The summed E-state index contributed by atoms with van der Waals surface area (Å²) in [7, 11) is 1.37. The van der Waals surface area contributed by atoms with Crippen molar-refractivity contribution < 1.29 is 24.0 Å². The number of nitrogens with one attached hydrogen (secondary N) is 1. The number of hydrogen-bond acceptors (Lipinski definition) is 7. The van der Waals surface area contributed by atoms with E-state index in [0.29, 0.717) is 4.88 Å². The summed E-state index contributed by atoms with van der Waals surface area (Å²) in [5, 5.41) is 15.0. The topological polar surface area (TPSA) is 108 Å². The Bertz CT molecular complexity index is 759. The largest absolute Gasteiger partial charge is 0.495 e. The third-order valence-electron chi connectivity index (χ3n) is 3.03. The highest BCUT2D eigenvalue weighted by molar-refractivity contribution is 7.11. The minimum absolute atomic E-state index is 0.121. The standard InChI is InChI=1S/C15H14N2O6S/c1-9(23-15(19)13-4-3-7-24-13)14(18)16-11-8-10(17(20)21)5-6-12(11)22-2/h3-9H,1-2H3,(H,16,18). The maximum Gasteiger partial charge on any atom is 0.349 e. The zero-order valence-corrected chi connectivity index (χ0v) is 13.7. The maximum atomic E-state index is 12.2. The number of carbonyl (C=O) groups is 2. The summed E-state index contributed by atoms with van der Waals surface area (Å²) in [4.78, 5) is 34.6. The number of amides is 1. The summed E-state index contributed by atoms with van der Waals surface area (Å²) in [5.41, 5.74) is -0.0787. The third-order valence-corrected chi connectivity index (χ3v) is 3.88. The number of rotatable bonds is 6. The van der Waals surface area contributed by atoms with Crippen LogP contribution in [0.1, 0.15) is 16.6 Å². The number of ether oxygens (including phenoxy) is 2. The summed E-state index contributed by atoms with van der Waals surface area (Å²) in [5.74, 6) is -0.983. The second-order valence-corrected chi connectivity index (χ2v) is 5.60. The lowest BCUT2D eigenvalue weighted by Gasteiger charge is -2.14. The molecule has 1 amide bonds. The van der Waals surface area contributed by atoms with Crippen molar-refractivity contribution in [2.24, 2.45) is 0 Å². The molecule has 2 aromatic rings. The molecule has 0 spiro atoms. The summed E-state index contributed by atoms with van der Waals surface area (Å²) in [6, 6.07) is 7.08. The smallest absolute Gasteiger partial charge is 0.349 e. The van der Waals surface area contributed by atoms with Crippen molar-refractivity contribution in [1.82, 2.24) is 0 Å². The highest BCUT2D eigenvalue weighted by atomic mass is 32.1. The average molecular weight is 350 g/mol. The number of hydrogen-bond donors (Lipinski definition) is 1. The van der Waals surface area contributed by atoms with Gasteiger partial charge in [-0.2, -0.15) is 0 Å². The van der Waals surface area contributed by atoms with Gasteiger partial charge in [0.2, 0.25) is 0 Å². The first-order valence-corrected chi connectivity index (χ1v) is 7.68. The molecule has 1 unspecified atom stereocenters. The van der Waals surface area contributed by atoms with E-state index in [1.165, 1.54) is 43.6 Å². The number of carbonyl (C=O) groups excluding carboxylic acids is 2. The molecular formula is C15H14N2O6S. The second kappa shape index (κ2) is 7.55. The van der Waals surface area contributed by atoms with Crippen molar-refractivity contribution in [2.45, 2.75) is 13.0 Å². The second-order valence-electron chi connectivity index (χ2n) is 4.66. The number of benzene rings is 1. The molecule has 0 radical (unpaired) electrons. The zero-order chi connectivity index (χ0) is 17.7. The molecule has 24 heavy (non-hydrogen) atoms. The predicted octanol–water partition coefficient (Wildman–Crippen LogP) is 2.85. The monoisotopic (exact) mass is 350 g/mol. The number of nitro benzene ring substituents is 1. The Hall–Kier alpha value is -2.94. The molecule has 0 aliphatic carbocycles. The number of anilines is 1. The van der Waals surface area contributed by atoms with E-state index in [1.54, 1.807) is 17.5 Å². The van der Waals surface area contributed by atoms with Gasteiger partial charge < -0.3 is 14.8 Å². The molecule has 9 heteroatoms. The molecule has 0 saturated carbocycles. The normalized spacial score (nSPS) is 11.4. The fourth-order valence-corrected chi connectivity index (χ4v) is 2.41. The molecule has 0 saturated heterocycles. The first kappa shape index (κ1) is 17.4. The van der Waals surface area contributed by atoms with Crippen molar-refractivity contribution in [3.63, 3.8) is 0 Å². The summed E-state index contributed by atoms with van der Waals surface area (Å²) in [6.45, 7) is 1.41. The zero-order valence-electron chi connectivity index (χ0n) is 12.8. The molecule has 8 nitrogen and oxygen atoms in total. The molecule has 0 fully saturated rings. The number of thiophene rings is 1. The van der Waals surface area contributed by atoms with Gasteiger partial charge in [-0.25, -0.2) is 4.79 Å². The molecule has 0 aliphatic rings. The van der Waals surface area contributed by atoms with E-state index >= 15 is 0 Å². The van der Waals surface area contributed by atoms with E-state index in [-0.39, 0.29) is 17.1 Å². The van der Waals surface area contributed by atoms with Crippen LogP contribution >= 0.6 is 11.3 Å². The minimum Gasteiger partial charge on any atom is -0.495 e. The Kier molecular flexibility index (Phi) is 5.48. The van der Waals surface area contributed by atoms with Crippen LogP contribution in [-0.4, -0.2) is 30.0 Å². The molecule has 1 N–H and O–H groups in total. The van der Waals surface area contributed by atoms with E-state index in [1.807, 2.05) is 0 Å². The first-order chi connectivity index (χ1) is 11.4. The van der Waals surface area contributed by atoms with Crippen molar-refractivity contribution in [2.75, 3.05) is 12.4 Å². The van der Waals surface area contributed by atoms with Gasteiger partial charge in [0.1, 0.15) is 10.6 Å². The molecular weight excluding hydrogens is 336 g/mol. The van der Waals surface area contributed by atoms with Gasteiger partial charge in [0, 0.05) is 12.1 Å². The Labute approximate surface area is 141 Å². The molecule has 0 aliphatic heterocycles. The summed E-state index contributed by atoms with van der Waals surface area (Å²) >= 11 is 1.20. The van der Waals surface area contributed by atoms with Crippen molar-refractivity contribution in [1.29, 1.82) is 0 Å². The van der Waals surface area contributed by atoms with Gasteiger partial charge in [-0.1, -0.05) is 6.07 Å². The van der Waals surface area contributed by atoms with Crippen LogP contribution in [0.2, 0.25) is 0 Å². The Morgan fingerprint density at radius 1 is 1.33 bits per heavy atom. The fraction of sp³-hybridized carbons (Fsp3) is 0.200. The number of nitro groups is 1. The number of methoxy groups -OCH3 is 1. The van der Waals surface area contributed by atoms with Gasteiger partial charge >= 0.3 is 5.97 Å². The van der Waals surface area contributed by atoms with Crippen LogP contribution in [0.4, 0.5) is 11.4 Å². The van der Waals surface area contributed by atoms with E-state index in [2.05, 4.69) is 5.32 Å². The molecule has 126 valence electrons. The minimum atomic E-state index is -1.08. The number of nitrogens with zero attached hydrogens (tertiary/aromatic N) is 1. The van der Waals surface area contributed by atoms with Crippen LogP contribution in [-0.2, 0) is 9.53 Å². The van der Waals surface area contributed by atoms with E-state index < -0.39 is 22.9 Å². The lowest BCUT2D eigenvalue weighted by atomic mass is 10.2. The average Bonchev–Trinajstić information content (AvgIpc) is 3.09. The fourth-order valence-electron chi connectivity index (χ4n) is 1.81. The quantitative estimate of drug-likeness (QED) is 0.487. The van der Waals surface area contributed by atoms with Gasteiger partial charge in [-0.05, 0) is 24.4 Å². The highest BCUT2D eigenvalue weighted by Gasteiger charge is 2.21. The van der Waals surface area contributed by atoms with Crippen LogP contribution in [0.15, 0.2) is 35.7 Å². The van der Waals surface area contributed by atoms with Crippen molar-refractivity contribution in [3.8, 4) is 5.75 Å². The van der Waals surface area contributed by atoms with Gasteiger partial charge in [-0.3, -0.25) is 14.9 Å². The first-order valence-electron chi connectivity index (χ1n) is 6.80. The molecule has 1 atom stereocenters. The van der Waals surface area contributed by atoms with Gasteiger partial charge in [0.15, 0.2) is 6.10 Å². The van der Waals surface area contributed by atoms with Gasteiger partial charge in [-0.15, -0.1) is 11.3 Å². The predicted molar refractivity (Wildman–Crippen MR) is 87.5 cm³/mol. The number of non-ortho nitro benzene ring substituents is 1. The van der Waals surface area contributed by atoms with Crippen LogP contribution < -0.4 is 10.1 Å². The SMILES string of the molecule is COc1ccc([N+](=O)[O-])cc1NC(=O)C(C)OC(=O)c1cccs1. The van der Waals surface area contributed by atoms with Crippen molar-refractivity contribution in [3.05, 3.63) is 50.7 Å². The molecule has 1 aromatic carbocycles. The molecule has 1 aromatic heterocycles. The molecule has 2 rings (SSSR count). The lowest BCUT2D eigenvalue weighted by molar-refractivity contribution is -0.384. The van der Waals surface area contributed by atoms with Gasteiger partial charge in [0.05, 0.1) is 17.7 Å². The van der Waals surface area contributed by atoms with Crippen LogP contribution in [0.25, 0.3) is 0 Å². The lowest BCUT2D eigenvalue weighted by Crippen LogP contribution is -2.30. The summed E-state index contributed by atoms with van der Waals surface area (Å²) in [6.07, 6.45) is -1.08. The maximum absolute atomic E-state index is 12.2. The van der Waals surface area contributed by atoms with Gasteiger partial charge in [0.25, 0.3) is 11.6 Å². The number of esters is 1. The molecule has 0 bridgehead atoms. The van der Waals surface area contributed by atoms with Crippen LogP contribution in [0, 0.1) is 10.1 Å². The Morgan fingerprint density at radius 2 is 2.08 bits per heavy atom. The third kappa shape index (κ3) is 4.07. The van der Waals surface area contributed by atoms with Crippen LogP contribution in [0.3, 0.4) is 0 Å².